The largest absolute Gasteiger partial charge is 0.243 e. The highest BCUT2D eigenvalue weighted by atomic mass is 32.2. The molecule has 0 atom stereocenters. The lowest BCUT2D eigenvalue weighted by Crippen LogP contribution is -2.42. The highest BCUT2D eigenvalue weighted by Crippen LogP contribution is 2.28. The van der Waals surface area contributed by atoms with Crippen LogP contribution in [0.5, 0.6) is 0 Å². The van der Waals surface area contributed by atoms with Crippen molar-refractivity contribution in [3.05, 3.63) is 29.3 Å². The number of fused-ring (bicyclic) bond motifs is 1. The Morgan fingerprint density at radius 3 is 2.17 bits per heavy atom. The molecule has 3 rings (SSSR count). The SMILES string of the molecule is CS(=O)(=O)C1CCN(S(=O)(=O)c2ccc3c(c2)CCCC3)CC1. The number of aryl methyl sites for hydroxylation is 2. The molecule has 0 saturated carbocycles. The molecule has 23 heavy (non-hydrogen) atoms. The van der Waals surface area contributed by atoms with Crippen LogP contribution in [0.1, 0.15) is 36.8 Å². The molecule has 1 saturated heterocycles. The van der Waals surface area contributed by atoms with Gasteiger partial charge in [-0.1, -0.05) is 6.07 Å². The monoisotopic (exact) mass is 357 g/mol. The van der Waals surface area contributed by atoms with Crippen molar-refractivity contribution in [3.63, 3.8) is 0 Å². The van der Waals surface area contributed by atoms with Gasteiger partial charge in [0.25, 0.3) is 0 Å². The molecule has 0 unspecified atom stereocenters. The molecule has 2 aliphatic rings. The van der Waals surface area contributed by atoms with Gasteiger partial charge in [0, 0.05) is 19.3 Å². The van der Waals surface area contributed by atoms with Crippen molar-refractivity contribution < 1.29 is 16.8 Å². The summed E-state index contributed by atoms with van der Waals surface area (Å²) in [6, 6.07) is 5.44. The highest BCUT2D eigenvalue weighted by Gasteiger charge is 2.33. The summed E-state index contributed by atoms with van der Waals surface area (Å²) in [5.74, 6) is 0. The first kappa shape index (κ1) is 16.9. The molecule has 0 spiro atoms. The van der Waals surface area contributed by atoms with E-state index >= 15 is 0 Å². The Hall–Kier alpha value is -0.920. The molecule has 128 valence electrons. The normalized spacial score (nSPS) is 21.1. The maximum Gasteiger partial charge on any atom is 0.243 e. The van der Waals surface area contributed by atoms with Crippen LogP contribution in [0, 0.1) is 0 Å². The van der Waals surface area contributed by atoms with E-state index in [1.807, 2.05) is 12.1 Å². The third kappa shape index (κ3) is 3.46. The third-order valence-electron chi connectivity index (χ3n) is 4.96. The minimum atomic E-state index is -3.53. The standard InChI is InChI=1S/C16H23NO4S2/c1-22(18,19)15-8-10-17(11-9-15)23(20,21)16-7-6-13-4-2-3-5-14(13)12-16/h6-7,12,15H,2-5,8-11H2,1H3. The third-order valence-corrected chi connectivity index (χ3v) is 8.54. The lowest BCUT2D eigenvalue weighted by atomic mass is 9.92. The quantitative estimate of drug-likeness (QED) is 0.826. The van der Waals surface area contributed by atoms with Crippen molar-refractivity contribution in [1.29, 1.82) is 0 Å². The van der Waals surface area contributed by atoms with Crippen LogP contribution in [0.4, 0.5) is 0 Å². The number of sulfonamides is 1. The highest BCUT2D eigenvalue weighted by molar-refractivity contribution is 7.91. The van der Waals surface area contributed by atoms with E-state index in [9.17, 15) is 16.8 Å². The number of piperidine rings is 1. The van der Waals surface area contributed by atoms with Gasteiger partial charge in [-0.3, -0.25) is 0 Å². The van der Waals surface area contributed by atoms with Gasteiger partial charge in [-0.25, -0.2) is 16.8 Å². The molecule has 0 N–H and O–H groups in total. The van der Waals surface area contributed by atoms with Crippen molar-refractivity contribution in [2.75, 3.05) is 19.3 Å². The van der Waals surface area contributed by atoms with Crippen molar-refractivity contribution in [2.24, 2.45) is 0 Å². The van der Waals surface area contributed by atoms with Gasteiger partial charge in [0.05, 0.1) is 10.1 Å². The lowest BCUT2D eigenvalue weighted by molar-refractivity contribution is 0.346. The minimum absolute atomic E-state index is 0.275. The van der Waals surface area contributed by atoms with E-state index in [1.54, 1.807) is 6.07 Å². The topological polar surface area (TPSA) is 71.5 Å². The van der Waals surface area contributed by atoms with Crippen molar-refractivity contribution in [3.8, 4) is 0 Å². The zero-order valence-corrected chi connectivity index (χ0v) is 15.0. The second-order valence-electron chi connectivity index (χ2n) is 6.57. The summed E-state index contributed by atoms with van der Waals surface area (Å²) in [5, 5.41) is -0.419. The molecule has 1 fully saturated rings. The lowest BCUT2D eigenvalue weighted by Gasteiger charge is -2.30. The molecule has 5 nitrogen and oxygen atoms in total. The van der Waals surface area contributed by atoms with E-state index in [2.05, 4.69) is 0 Å². The smallest absolute Gasteiger partial charge is 0.229 e. The summed E-state index contributed by atoms with van der Waals surface area (Å²) < 4.78 is 50.3. The second kappa shape index (κ2) is 6.18. The van der Waals surface area contributed by atoms with Gasteiger partial charge in [-0.05, 0) is 61.8 Å². The van der Waals surface area contributed by atoms with E-state index in [4.69, 9.17) is 0 Å². The van der Waals surface area contributed by atoms with Gasteiger partial charge < -0.3 is 0 Å². The van der Waals surface area contributed by atoms with Crippen LogP contribution in [-0.4, -0.2) is 45.7 Å². The van der Waals surface area contributed by atoms with Crippen molar-refractivity contribution in [2.45, 2.75) is 48.7 Å². The number of hydrogen-bond acceptors (Lipinski definition) is 4. The van der Waals surface area contributed by atoms with Gasteiger partial charge >= 0.3 is 0 Å². The van der Waals surface area contributed by atoms with Gasteiger partial charge in [0.2, 0.25) is 10.0 Å². The molecule has 1 aliphatic carbocycles. The first-order chi connectivity index (χ1) is 10.8. The van der Waals surface area contributed by atoms with Crippen molar-refractivity contribution in [1.82, 2.24) is 4.31 Å². The first-order valence-electron chi connectivity index (χ1n) is 8.09. The molecular formula is C16H23NO4S2. The molecule has 1 aliphatic heterocycles. The van der Waals surface area contributed by atoms with Gasteiger partial charge in [0.1, 0.15) is 9.84 Å². The number of benzene rings is 1. The molecule has 1 aromatic rings. The Kier molecular flexibility index (Phi) is 4.55. The van der Waals surface area contributed by atoms with Gasteiger partial charge in [-0.2, -0.15) is 4.31 Å². The number of nitrogens with zero attached hydrogens (tertiary/aromatic N) is 1. The summed E-state index contributed by atoms with van der Waals surface area (Å²) in [6.45, 7) is 0.550. The number of hydrogen-bond donors (Lipinski definition) is 0. The van der Waals surface area contributed by atoms with Gasteiger partial charge in [-0.15, -0.1) is 0 Å². The van der Waals surface area contributed by atoms with E-state index in [-0.39, 0.29) is 13.1 Å². The van der Waals surface area contributed by atoms with Crippen LogP contribution in [-0.2, 0) is 32.7 Å². The maximum absolute atomic E-state index is 12.8. The van der Waals surface area contributed by atoms with E-state index in [1.165, 1.54) is 16.1 Å². The minimum Gasteiger partial charge on any atom is -0.229 e. The van der Waals surface area contributed by atoms with E-state index < -0.39 is 25.1 Å². The molecular weight excluding hydrogens is 334 g/mol. The fraction of sp³-hybridized carbons (Fsp3) is 0.625. The van der Waals surface area contributed by atoms with Crippen molar-refractivity contribution >= 4 is 19.9 Å². The summed E-state index contributed by atoms with van der Waals surface area (Å²) in [6.07, 6.45) is 6.22. The number of sulfone groups is 1. The second-order valence-corrected chi connectivity index (χ2v) is 10.8. The Morgan fingerprint density at radius 2 is 1.57 bits per heavy atom. The molecule has 1 heterocycles. The average Bonchev–Trinajstić information content (AvgIpc) is 2.53. The van der Waals surface area contributed by atoms with Crippen LogP contribution < -0.4 is 0 Å². The fourth-order valence-corrected chi connectivity index (χ4v) is 6.11. The van der Waals surface area contributed by atoms with Crippen LogP contribution in [0.3, 0.4) is 0 Å². The Bertz CT molecular complexity index is 791. The zero-order valence-electron chi connectivity index (χ0n) is 13.4. The summed E-state index contributed by atoms with van der Waals surface area (Å²) in [5.41, 5.74) is 2.40. The number of rotatable bonds is 3. The Morgan fingerprint density at radius 1 is 0.957 bits per heavy atom. The predicted octanol–water partition coefficient (Wildman–Crippen LogP) is 1.76. The van der Waals surface area contributed by atoms with Crippen LogP contribution in [0.15, 0.2) is 23.1 Å². The maximum atomic E-state index is 12.8. The van der Waals surface area contributed by atoms with Crippen LogP contribution >= 0.6 is 0 Å². The molecule has 0 amide bonds. The molecule has 0 bridgehead atoms. The van der Waals surface area contributed by atoms with Crippen LogP contribution in [0.2, 0.25) is 0 Å². The molecule has 1 aromatic carbocycles. The summed E-state index contributed by atoms with van der Waals surface area (Å²) in [4.78, 5) is 0.343. The first-order valence-corrected chi connectivity index (χ1v) is 11.5. The van der Waals surface area contributed by atoms with Crippen LogP contribution in [0.25, 0.3) is 0 Å². The average molecular weight is 357 g/mol. The Balaban J connectivity index is 1.80. The summed E-state index contributed by atoms with van der Waals surface area (Å²) in [7, 11) is -6.62. The van der Waals surface area contributed by atoms with E-state index in [0.29, 0.717) is 17.7 Å². The van der Waals surface area contributed by atoms with Gasteiger partial charge in [0.15, 0.2) is 0 Å². The molecule has 0 aromatic heterocycles. The molecule has 0 radical (unpaired) electrons. The Labute approximate surface area is 138 Å². The zero-order chi connectivity index (χ0) is 16.7. The summed E-state index contributed by atoms with van der Waals surface area (Å²) >= 11 is 0. The molecule has 7 heteroatoms. The van der Waals surface area contributed by atoms with E-state index in [0.717, 1.165) is 31.2 Å². The fourth-order valence-electron chi connectivity index (χ4n) is 3.52. The predicted molar refractivity (Wildman–Crippen MR) is 89.7 cm³/mol.